The second kappa shape index (κ2) is 5.44. The molecule has 128 valence electrons. The van der Waals surface area contributed by atoms with Gasteiger partial charge in [-0.1, -0.05) is 0 Å². The van der Waals surface area contributed by atoms with E-state index in [0.29, 0.717) is 32.0 Å². The molecule has 0 unspecified atom stereocenters. The molecule has 1 spiro atoms. The van der Waals surface area contributed by atoms with Gasteiger partial charge in [-0.05, 0) is 37.0 Å². The molecule has 1 aliphatic carbocycles. The molecule has 0 atom stereocenters. The molecular weight excluding hydrogens is 315 g/mol. The van der Waals surface area contributed by atoms with Crippen LogP contribution in [-0.2, 0) is 9.63 Å². The molecule has 0 N–H and O–H groups in total. The Bertz CT molecular complexity index is 698. The minimum Gasteiger partial charge on any atom is -0.494 e. The maximum absolute atomic E-state index is 13.7. The lowest BCUT2D eigenvalue weighted by atomic mass is 9.90. The molecule has 2 aliphatic heterocycles. The van der Waals surface area contributed by atoms with Gasteiger partial charge in [-0.15, -0.1) is 0 Å². The maximum Gasteiger partial charge on any atom is 0.254 e. The van der Waals surface area contributed by atoms with Gasteiger partial charge in [0.2, 0.25) is 5.91 Å². The number of likely N-dealkylation sites (tertiary alicyclic amines) is 1. The first-order valence-corrected chi connectivity index (χ1v) is 8.12. The maximum atomic E-state index is 13.7. The molecule has 3 fully saturated rings. The number of amides is 2. The van der Waals surface area contributed by atoms with Crippen LogP contribution in [0.5, 0.6) is 5.75 Å². The van der Waals surface area contributed by atoms with Gasteiger partial charge in [0.15, 0.2) is 11.6 Å². The second-order valence-corrected chi connectivity index (χ2v) is 6.86. The van der Waals surface area contributed by atoms with E-state index in [9.17, 15) is 14.0 Å². The average molecular weight is 334 g/mol. The number of nitrogens with zero attached hydrogens (tertiary/aromatic N) is 2. The van der Waals surface area contributed by atoms with Crippen LogP contribution in [0.3, 0.4) is 0 Å². The first-order chi connectivity index (χ1) is 11.5. The number of rotatable bonds is 4. The molecule has 3 aliphatic rings. The number of halogens is 1. The topological polar surface area (TPSA) is 59.1 Å². The Morgan fingerprint density at radius 2 is 2.17 bits per heavy atom. The predicted octanol–water partition coefficient (Wildman–Crippen LogP) is 1.60. The van der Waals surface area contributed by atoms with Crippen LogP contribution in [0.1, 0.15) is 29.6 Å². The van der Waals surface area contributed by atoms with E-state index in [1.165, 1.54) is 30.4 Å². The molecule has 1 aromatic rings. The van der Waals surface area contributed by atoms with Crippen LogP contribution >= 0.6 is 0 Å². The van der Waals surface area contributed by atoms with Gasteiger partial charge in [-0.25, -0.2) is 9.45 Å². The fourth-order valence-electron chi connectivity index (χ4n) is 3.30. The smallest absolute Gasteiger partial charge is 0.254 e. The Morgan fingerprint density at radius 1 is 1.42 bits per heavy atom. The van der Waals surface area contributed by atoms with E-state index in [4.69, 9.17) is 9.57 Å². The molecule has 7 heteroatoms. The van der Waals surface area contributed by atoms with E-state index in [1.807, 2.05) is 0 Å². The van der Waals surface area contributed by atoms with E-state index in [-0.39, 0.29) is 23.1 Å². The second-order valence-electron chi connectivity index (χ2n) is 6.86. The van der Waals surface area contributed by atoms with E-state index < -0.39 is 11.4 Å². The Balaban J connectivity index is 1.39. The van der Waals surface area contributed by atoms with Crippen LogP contribution in [0, 0.1) is 11.7 Å². The fourth-order valence-corrected chi connectivity index (χ4v) is 3.30. The third kappa shape index (κ3) is 2.62. The molecule has 0 aromatic heterocycles. The normalized spacial score (nSPS) is 22.0. The van der Waals surface area contributed by atoms with Gasteiger partial charge < -0.3 is 9.64 Å². The molecule has 24 heavy (non-hydrogen) atoms. The third-order valence-corrected chi connectivity index (χ3v) is 4.82. The van der Waals surface area contributed by atoms with Crippen molar-refractivity contribution < 1.29 is 23.6 Å². The summed E-state index contributed by atoms with van der Waals surface area (Å²) in [6.45, 7) is 1.36. The average Bonchev–Trinajstić information content (AvgIpc) is 3.28. The molecule has 2 saturated heterocycles. The van der Waals surface area contributed by atoms with Crippen LogP contribution < -0.4 is 4.74 Å². The van der Waals surface area contributed by atoms with Crippen molar-refractivity contribution in [1.29, 1.82) is 0 Å². The highest BCUT2D eigenvalue weighted by atomic mass is 19.1. The van der Waals surface area contributed by atoms with Gasteiger partial charge in [0.25, 0.3) is 5.91 Å². The quantitative estimate of drug-likeness (QED) is 0.839. The number of methoxy groups -OCH3 is 1. The number of ether oxygens (including phenoxy) is 1. The first kappa shape index (κ1) is 15.4. The Labute approximate surface area is 139 Å². The summed E-state index contributed by atoms with van der Waals surface area (Å²) in [5.41, 5.74) is -0.325. The van der Waals surface area contributed by atoms with Crippen molar-refractivity contribution in [3.05, 3.63) is 29.6 Å². The molecule has 2 heterocycles. The van der Waals surface area contributed by atoms with Gasteiger partial charge in [0.05, 0.1) is 33.2 Å². The number of benzene rings is 1. The SMILES string of the molecule is COc1ccc(C(=O)N2CC3(CC(=O)N(CC4CC4)O3)C2)cc1F. The summed E-state index contributed by atoms with van der Waals surface area (Å²) in [4.78, 5) is 31.9. The lowest BCUT2D eigenvalue weighted by molar-refractivity contribution is -0.230. The first-order valence-electron chi connectivity index (χ1n) is 8.12. The molecule has 6 nitrogen and oxygen atoms in total. The summed E-state index contributed by atoms with van der Waals surface area (Å²) in [6.07, 6.45) is 2.60. The summed E-state index contributed by atoms with van der Waals surface area (Å²) in [5.74, 6) is -0.180. The highest BCUT2D eigenvalue weighted by Crippen LogP contribution is 2.39. The van der Waals surface area contributed by atoms with Crippen molar-refractivity contribution in [1.82, 2.24) is 9.96 Å². The Kier molecular flexibility index (Phi) is 3.49. The molecule has 4 rings (SSSR count). The van der Waals surface area contributed by atoms with Crippen molar-refractivity contribution in [3.8, 4) is 5.75 Å². The lowest BCUT2D eigenvalue weighted by Gasteiger charge is -2.45. The number of carbonyl (C=O) groups excluding carboxylic acids is 2. The van der Waals surface area contributed by atoms with Gasteiger partial charge in [-0.2, -0.15) is 0 Å². The van der Waals surface area contributed by atoms with Crippen LogP contribution in [0.25, 0.3) is 0 Å². The van der Waals surface area contributed by atoms with Crippen molar-refractivity contribution in [2.24, 2.45) is 5.92 Å². The number of carbonyl (C=O) groups is 2. The number of hydrogen-bond donors (Lipinski definition) is 0. The zero-order chi connectivity index (χ0) is 16.9. The summed E-state index contributed by atoms with van der Waals surface area (Å²) in [5, 5.41) is 1.46. The van der Waals surface area contributed by atoms with Crippen LogP contribution in [0.15, 0.2) is 18.2 Å². The molecule has 0 radical (unpaired) electrons. The van der Waals surface area contributed by atoms with Crippen LogP contribution in [0.4, 0.5) is 4.39 Å². The zero-order valence-corrected chi connectivity index (χ0v) is 13.5. The van der Waals surface area contributed by atoms with E-state index in [2.05, 4.69) is 0 Å². The third-order valence-electron chi connectivity index (χ3n) is 4.82. The van der Waals surface area contributed by atoms with E-state index in [1.54, 1.807) is 4.90 Å². The summed E-state index contributed by atoms with van der Waals surface area (Å²) in [7, 11) is 1.38. The number of hydrogen-bond acceptors (Lipinski definition) is 4. The molecule has 1 saturated carbocycles. The Morgan fingerprint density at radius 3 is 2.79 bits per heavy atom. The van der Waals surface area contributed by atoms with Crippen molar-refractivity contribution in [2.45, 2.75) is 24.9 Å². The minimum atomic E-state index is -0.591. The van der Waals surface area contributed by atoms with Gasteiger partial charge in [0, 0.05) is 5.56 Å². The highest BCUT2D eigenvalue weighted by Gasteiger charge is 2.55. The summed E-state index contributed by atoms with van der Waals surface area (Å²) >= 11 is 0. The predicted molar refractivity (Wildman–Crippen MR) is 81.7 cm³/mol. The van der Waals surface area contributed by atoms with Crippen molar-refractivity contribution >= 4 is 11.8 Å². The molecular formula is C17H19FN2O4. The van der Waals surface area contributed by atoms with Crippen LogP contribution in [0.2, 0.25) is 0 Å². The van der Waals surface area contributed by atoms with Crippen molar-refractivity contribution in [2.75, 3.05) is 26.7 Å². The molecule has 0 bridgehead atoms. The van der Waals surface area contributed by atoms with Crippen LogP contribution in [-0.4, -0.2) is 54.1 Å². The zero-order valence-electron chi connectivity index (χ0n) is 13.5. The van der Waals surface area contributed by atoms with E-state index in [0.717, 1.165) is 12.8 Å². The van der Waals surface area contributed by atoms with Crippen molar-refractivity contribution in [3.63, 3.8) is 0 Å². The van der Waals surface area contributed by atoms with Gasteiger partial charge in [0.1, 0.15) is 5.60 Å². The summed E-state index contributed by atoms with van der Waals surface area (Å²) < 4.78 is 18.6. The molecule has 2 amide bonds. The van der Waals surface area contributed by atoms with Gasteiger partial charge in [-0.3, -0.25) is 14.4 Å². The standard InChI is InChI=1S/C17H19FN2O4/c1-23-14-5-4-12(6-13(14)18)16(22)19-9-17(10-19)7-15(21)20(24-17)8-11-2-3-11/h4-6,11H,2-3,7-10H2,1H3. The monoisotopic (exact) mass is 334 g/mol. The highest BCUT2D eigenvalue weighted by molar-refractivity contribution is 5.95. The minimum absolute atomic E-state index is 0.00973. The number of hydroxylamine groups is 2. The largest absolute Gasteiger partial charge is 0.494 e. The Hall–Kier alpha value is -2.15. The molecule has 1 aromatic carbocycles. The van der Waals surface area contributed by atoms with Gasteiger partial charge >= 0.3 is 0 Å². The fraction of sp³-hybridized carbons (Fsp3) is 0.529. The lowest BCUT2D eigenvalue weighted by Crippen LogP contribution is -2.63. The van der Waals surface area contributed by atoms with E-state index >= 15 is 0 Å². The summed E-state index contributed by atoms with van der Waals surface area (Å²) in [6, 6.07) is 4.15.